The van der Waals surface area contributed by atoms with Gasteiger partial charge in [-0.25, -0.2) is 0 Å². The van der Waals surface area contributed by atoms with Crippen LogP contribution in [0.4, 0.5) is 0 Å². The fourth-order valence-electron chi connectivity index (χ4n) is 3.90. The van der Waals surface area contributed by atoms with Gasteiger partial charge in [0.1, 0.15) is 0 Å². The number of nitrogens with zero attached hydrogens (tertiary/aromatic N) is 3. The Hall–Kier alpha value is -1.63. The number of morpholine rings is 1. The third-order valence-corrected chi connectivity index (χ3v) is 5.53. The van der Waals surface area contributed by atoms with Crippen molar-refractivity contribution in [3.8, 4) is 0 Å². The third-order valence-electron chi connectivity index (χ3n) is 5.53. The lowest BCUT2D eigenvalue weighted by Crippen LogP contribution is -2.48. The van der Waals surface area contributed by atoms with Gasteiger partial charge in [0.05, 0.1) is 13.2 Å². The Balaban J connectivity index is 1.36. The zero-order valence-corrected chi connectivity index (χ0v) is 17.4. The number of piperidine rings is 1. The van der Waals surface area contributed by atoms with Gasteiger partial charge >= 0.3 is 0 Å². The van der Waals surface area contributed by atoms with E-state index in [9.17, 15) is 0 Å². The van der Waals surface area contributed by atoms with E-state index < -0.39 is 0 Å². The predicted molar refractivity (Wildman–Crippen MR) is 116 cm³/mol. The van der Waals surface area contributed by atoms with E-state index in [1.54, 1.807) is 0 Å². The molecule has 6 nitrogen and oxygen atoms in total. The Bertz CT molecular complexity index is 566. The fourth-order valence-corrected chi connectivity index (χ4v) is 3.90. The van der Waals surface area contributed by atoms with Crippen LogP contribution in [-0.2, 0) is 11.3 Å². The van der Waals surface area contributed by atoms with Crippen LogP contribution in [0.3, 0.4) is 0 Å². The first-order valence-corrected chi connectivity index (χ1v) is 10.9. The highest BCUT2D eigenvalue weighted by Crippen LogP contribution is 2.13. The first-order chi connectivity index (χ1) is 13.8. The zero-order valence-electron chi connectivity index (χ0n) is 17.4. The summed E-state index contributed by atoms with van der Waals surface area (Å²) in [5, 5.41) is 7.07. The number of hydrogen-bond acceptors (Lipinski definition) is 4. The smallest absolute Gasteiger partial charge is 0.191 e. The maximum absolute atomic E-state index is 5.41. The molecule has 28 heavy (non-hydrogen) atoms. The van der Waals surface area contributed by atoms with Gasteiger partial charge in [-0.3, -0.25) is 14.8 Å². The molecule has 156 valence electrons. The van der Waals surface area contributed by atoms with Gasteiger partial charge < -0.3 is 15.4 Å². The molecule has 1 aromatic rings. The second-order valence-corrected chi connectivity index (χ2v) is 7.75. The summed E-state index contributed by atoms with van der Waals surface area (Å²) < 4.78 is 5.41. The van der Waals surface area contributed by atoms with Crippen LogP contribution in [0.1, 0.15) is 31.7 Å². The van der Waals surface area contributed by atoms with Crippen molar-refractivity contribution in [2.24, 2.45) is 4.99 Å². The number of ether oxygens (including phenoxy) is 1. The first kappa shape index (κ1) is 21.1. The van der Waals surface area contributed by atoms with Crippen LogP contribution in [0.2, 0.25) is 0 Å². The van der Waals surface area contributed by atoms with Crippen LogP contribution in [0, 0.1) is 0 Å². The summed E-state index contributed by atoms with van der Waals surface area (Å²) >= 11 is 0. The molecular formula is C22H37N5O. The first-order valence-electron chi connectivity index (χ1n) is 10.9. The van der Waals surface area contributed by atoms with E-state index in [-0.39, 0.29) is 0 Å². The number of benzene rings is 1. The molecule has 2 aliphatic heterocycles. The fraction of sp³-hybridized carbons (Fsp3) is 0.682. The van der Waals surface area contributed by atoms with Crippen LogP contribution in [0.25, 0.3) is 0 Å². The molecule has 0 bridgehead atoms. The Morgan fingerprint density at radius 3 is 2.54 bits per heavy atom. The van der Waals surface area contributed by atoms with Crippen LogP contribution in [0.5, 0.6) is 0 Å². The minimum Gasteiger partial charge on any atom is -0.379 e. The molecule has 0 spiro atoms. The molecule has 0 radical (unpaired) electrons. The molecule has 0 amide bonds. The minimum atomic E-state index is 0.518. The molecule has 3 rings (SSSR count). The molecule has 2 saturated heterocycles. The Morgan fingerprint density at radius 2 is 1.82 bits per heavy atom. The molecule has 6 heteroatoms. The molecule has 0 atom stereocenters. The van der Waals surface area contributed by atoms with E-state index in [4.69, 9.17) is 9.73 Å². The van der Waals surface area contributed by atoms with Crippen LogP contribution in [-0.4, -0.2) is 80.8 Å². The molecule has 1 aromatic carbocycles. The number of aliphatic imine (C=N–C) groups is 1. The van der Waals surface area contributed by atoms with Crippen molar-refractivity contribution in [3.63, 3.8) is 0 Å². The molecule has 0 unspecified atom stereocenters. The molecule has 2 heterocycles. The molecule has 2 N–H and O–H groups in total. The summed E-state index contributed by atoms with van der Waals surface area (Å²) in [5.41, 5.74) is 1.41. The summed E-state index contributed by atoms with van der Waals surface area (Å²) in [7, 11) is 0. The van der Waals surface area contributed by atoms with Gasteiger partial charge in [0.15, 0.2) is 5.96 Å². The average molecular weight is 388 g/mol. The van der Waals surface area contributed by atoms with E-state index >= 15 is 0 Å². The second-order valence-electron chi connectivity index (χ2n) is 7.75. The maximum atomic E-state index is 5.41. The monoisotopic (exact) mass is 387 g/mol. The highest BCUT2D eigenvalue weighted by Gasteiger charge is 2.20. The van der Waals surface area contributed by atoms with E-state index in [1.165, 1.54) is 18.4 Å². The zero-order chi connectivity index (χ0) is 19.4. The molecule has 0 saturated carbocycles. The number of hydrogen-bond donors (Lipinski definition) is 2. The maximum Gasteiger partial charge on any atom is 0.191 e. The van der Waals surface area contributed by atoms with Crippen LogP contribution < -0.4 is 10.6 Å². The molecule has 0 aromatic heterocycles. The minimum absolute atomic E-state index is 0.518. The van der Waals surface area contributed by atoms with Gasteiger partial charge in [0.2, 0.25) is 0 Å². The lowest BCUT2D eigenvalue weighted by atomic mass is 10.0. The van der Waals surface area contributed by atoms with E-state index in [1.807, 2.05) is 0 Å². The highest BCUT2D eigenvalue weighted by atomic mass is 16.5. The van der Waals surface area contributed by atoms with Gasteiger partial charge in [0, 0.05) is 58.4 Å². The van der Waals surface area contributed by atoms with E-state index in [0.29, 0.717) is 6.04 Å². The Kier molecular flexibility index (Phi) is 9.07. The summed E-state index contributed by atoms with van der Waals surface area (Å²) in [5.74, 6) is 0.978. The van der Waals surface area contributed by atoms with Crippen molar-refractivity contribution in [1.82, 2.24) is 20.4 Å². The number of nitrogens with one attached hydrogen (secondary N) is 2. The van der Waals surface area contributed by atoms with Gasteiger partial charge in [-0.15, -0.1) is 0 Å². The van der Waals surface area contributed by atoms with Crippen molar-refractivity contribution in [1.29, 1.82) is 0 Å². The van der Waals surface area contributed by atoms with E-state index in [2.05, 4.69) is 57.7 Å². The molecule has 0 aliphatic carbocycles. The normalized spacial score (nSPS) is 20.2. The number of guanidine groups is 1. The van der Waals surface area contributed by atoms with Crippen molar-refractivity contribution < 1.29 is 4.74 Å². The average Bonchev–Trinajstić information content (AvgIpc) is 2.74. The van der Waals surface area contributed by atoms with Crippen molar-refractivity contribution in [2.75, 3.05) is 59.0 Å². The lowest BCUT2D eigenvalue weighted by Gasteiger charge is -2.33. The summed E-state index contributed by atoms with van der Waals surface area (Å²) in [4.78, 5) is 9.83. The summed E-state index contributed by atoms with van der Waals surface area (Å²) in [6, 6.07) is 11.3. The Labute approximate surface area is 170 Å². The topological polar surface area (TPSA) is 52.1 Å². The SMILES string of the molecule is CCNC(=NCCCN1CCOCC1)NC1CCN(Cc2ccccc2)CC1. The van der Waals surface area contributed by atoms with E-state index in [0.717, 1.165) is 78.0 Å². The van der Waals surface area contributed by atoms with Gasteiger partial charge in [-0.05, 0) is 31.7 Å². The number of rotatable bonds is 8. The molecular weight excluding hydrogens is 350 g/mol. The van der Waals surface area contributed by atoms with Gasteiger partial charge in [-0.1, -0.05) is 30.3 Å². The predicted octanol–water partition coefficient (Wildman–Crippen LogP) is 1.93. The van der Waals surface area contributed by atoms with Crippen LogP contribution >= 0.6 is 0 Å². The number of likely N-dealkylation sites (tertiary alicyclic amines) is 1. The quantitative estimate of drug-likeness (QED) is 0.406. The summed E-state index contributed by atoms with van der Waals surface area (Å²) in [6.07, 6.45) is 3.45. The van der Waals surface area contributed by atoms with Gasteiger partial charge in [-0.2, -0.15) is 0 Å². The Morgan fingerprint density at radius 1 is 1.07 bits per heavy atom. The second kappa shape index (κ2) is 12.0. The van der Waals surface area contributed by atoms with Crippen molar-refractivity contribution in [2.45, 2.75) is 38.8 Å². The molecule has 2 fully saturated rings. The van der Waals surface area contributed by atoms with Crippen LogP contribution in [0.15, 0.2) is 35.3 Å². The molecule has 2 aliphatic rings. The van der Waals surface area contributed by atoms with Crippen molar-refractivity contribution in [3.05, 3.63) is 35.9 Å². The van der Waals surface area contributed by atoms with Crippen molar-refractivity contribution >= 4 is 5.96 Å². The summed E-state index contributed by atoms with van der Waals surface area (Å²) in [6.45, 7) is 12.2. The standard InChI is InChI=1S/C22H37N5O/c1-2-23-22(24-11-6-12-26-15-17-28-18-16-26)25-21-9-13-27(14-10-21)19-20-7-4-3-5-8-20/h3-5,7-8,21H,2,6,9-19H2,1H3,(H2,23,24,25). The highest BCUT2D eigenvalue weighted by molar-refractivity contribution is 5.80. The lowest BCUT2D eigenvalue weighted by molar-refractivity contribution is 0.0377. The third kappa shape index (κ3) is 7.41. The largest absolute Gasteiger partial charge is 0.379 e. The van der Waals surface area contributed by atoms with Gasteiger partial charge in [0.25, 0.3) is 0 Å².